The normalized spacial score (nSPS) is 10.9. The van der Waals surface area contributed by atoms with E-state index in [1.807, 2.05) is 29.8 Å². The van der Waals surface area contributed by atoms with Crippen molar-refractivity contribution in [1.29, 1.82) is 0 Å². The van der Waals surface area contributed by atoms with Gasteiger partial charge in [-0.3, -0.25) is 4.57 Å². The molecule has 0 atom stereocenters. The summed E-state index contributed by atoms with van der Waals surface area (Å²) in [7, 11) is 1.99. The van der Waals surface area contributed by atoms with Gasteiger partial charge in [-0.05, 0) is 18.6 Å². The molecule has 3 heteroatoms. The summed E-state index contributed by atoms with van der Waals surface area (Å²) in [6.45, 7) is 2.94. The standard InChI is InChI=1S/C13H18N2O/c1-3-4-7-10-16-13-14-11-8-5-6-9-12(11)15(13)2/h5-6,8-9H,3-4,7,10H2,1-2H3. The summed E-state index contributed by atoms with van der Waals surface area (Å²) in [5.41, 5.74) is 2.11. The fraction of sp³-hybridized carbons (Fsp3) is 0.462. The molecule has 3 nitrogen and oxygen atoms in total. The molecule has 0 fully saturated rings. The van der Waals surface area contributed by atoms with Gasteiger partial charge in [-0.1, -0.05) is 31.9 Å². The highest BCUT2D eigenvalue weighted by molar-refractivity contribution is 5.76. The fourth-order valence-corrected chi connectivity index (χ4v) is 1.77. The van der Waals surface area contributed by atoms with E-state index in [9.17, 15) is 0 Å². The number of ether oxygens (including phenoxy) is 1. The summed E-state index contributed by atoms with van der Waals surface area (Å²) in [5, 5.41) is 0. The van der Waals surface area contributed by atoms with Crippen molar-refractivity contribution in [3.63, 3.8) is 0 Å². The Bertz CT molecular complexity index is 462. The summed E-state index contributed by atoms with van der Waals surface area (Å²) < 4.78 is 7.68. The number of rotatable bonds is 5. The highest BCUT2D eigenvalue weighted by Gasteiger charge is 2.07. The Labute approximate surface area is 96.1 Å². The molecule has 0 aliphatic rings. The molecule has 86 valence electrons. The molecule has 0 saturated heterocycles. The first kappa shape index (κ1) is 11.0. The second kappa shape index (κ2) is 5.01. The van der Waals surface area contributed by atoms with Crippen LogP contribution in [-0.2, 0) is 7.05 Å². The van der Waals surface area contributed by atoms with Gasteiger partial charge in [0.2, 0.25) is 0 Å². The van der Waals surface area contributed by atoms with Gasteiger partial charge in [0, 0.05) is 7.05 Å². The van der Waals surface area contributed by atoms with Crippen molar-refractivity contribution < 1.29 is 4.74 Å². The van der Waals surface area contributed by atoms with Crippen molar-refractivity contribution in [3.05, 3.63) is 24.3 Å². The molecule has 0 amide bonds. The third kappa shape index (κ3) is 2.18. The lowest BCUT2D eigenvalue weighted by molar-refractivity contribution is 0.276. The highest BCUT2D eigenvalue weighted by atomic mass is 16.5. The molecule has 0 unspecified atom stereocenters. The van der Waals surface area contributed by atoms with Gasteiger partial charge in [0.05, 0.1) is 17.6 Å². The maximum Gasteiger partial charge on any atom is 0.297 e. The molecular formula is C13H18N2O. The molecule has 1 heterocycles. The van der Waals surface area contributed by atoms with Gasteiger partial charge in [-0.25, -0.2) is 0 Å². The summed E-state index contributed by atoms with van der Waals surface area (Å²) in [6, 6.07) is 8.80. The van der Waals surface area contributed by atoms with Crippen LogP contribution in [0, 0.1) is 0 Å². The quantitative estimate of drug-likeness (QED) is 0.721. The predicted octanol–water partition coefficient (Wildman–Crippen LogP) is 3.14. The minimum atomic E-state index is 0.720. The maximum absolute atomic E-state index is 5.68. The van der Waals surface area contributed by atoms with E-state index in [4.69, 9.17) is 4.74 Å². The molecule has 0 N–H and O–H groups in total. The van der Waals surface area contributed by atoms with Crippen molar-refractivity contribution in [2.24, 2.45) is 7.05 Å². The largest absolute Gasteiger partial charge is 0.465 e. The number of hydrogen-bond donors (Lipinski definition) is 0. The molecule has 0 spiro atoms. The number of aromatic nitrogens is 2. The van der Waals surface area contributed by atoms with Gasteiger partial charge in [-0.15, -0.1) is 0 Å². The molecule has 1 aromatic carbocycles. The van der Waals surface area contributed by atoms with Crippen molar-refractivity contribution >= 4 is 11.0 Å². The first-order valence-electron chi connectivity index (χ1n) is 5.87. The number of nitrogens with zero attached hydrogens (tertiary/aromatic N) is 2. The molecule has 0 radical (unpaired) electrons. The number of unbranched alkanes of at least 4 members (excludes halogenated alkanes) is 2. The summed E-state index contributed by atoms with van der Waals surface area (Å²) >= 11 is 0. The van der Waals surface area contributed by atoms with Gasteiger partial charge in [-0.2, -0.15) is 4.98 Å². The van der Waals surface area contributed by atoms with Crippen molar-refractivity contribution in [2.75, 3.05) is 6.61 Å². The molecule has 16 heavy (non-hydrogen) atoms. The molecule has 2 aromatic rings. The van der Waals surface area contributed by atoms with Crippen LogP contribution in [0.15, 0.2) is 24.3 Å². The van der Waals surface area contributed by atoms with Crippen molar-refractivity contribution in [1.82, 2.24) is 9.55 Å². The van der Waals surface area contributed by atoms with E-state index in [-0.39, 0.29) is 0 Å². The average Bonchev–Trinajstić information content (AvgIpc) is 2.63. The Morgan fingerprint density at radius 2 is 2.06 bits per heavy atom. The third-order valence-electron chi connectivity index (χ3n) is 2.73. The highest BCUT2D eigenvalue weighted by Crippen LogP contribution is 2.19. The van der Waals surface area contributed by atoms with Gasteiger partial charge < -0.3 is 4.74 Å². The first-order chi connectivity index (χ1) is 7.83. The van der Waals surface area contributed by atoms with E-state index >= 15 is 0 Å². The molecule has 0 bridgehead atoms. The number of aryl methyl sites for hydroxylation is 1. The van der Waals surface area contributed by atoms with E-state index in [1.165, 1.54) is 12.8 Å². The monoisotopic (exact) mass is 218 g/mol. The SMILES string of the molecule is CCCCCOc1nc2ccccc2n1C. The van der Waals surface area contributed by atoms with Crippen LogP contribution in [0.1, 0.15) is 26.2 Å². The minimum absolute atomic E-state index is 0.720. The first-order valence-corrected chi connectivity index (χ1v) is 5.87. The van der Waals surface area contributed by atoms with Crippen molar-refractivity contribution in [3.8, 4) is 6.01 Å². The topological polar surface area (TPSA) is 27.1 Å². The number of fused-ring (bicyclic) bond motifs is 1. The van der Waals surface area contributed by atoms with E-state index < -0.39 is 0 Å². The summed E-state index contributed by atoms with van der Waals surface area (Å²) in [6.07, 6.45) is 3.52. The minimum Gasteiger partial charge on any atom is -0.465 e. The van der Waals surface area contributed by atoms with Crippen LogP contribution < -0.4 is 4.74 Å². The number of imidazole rings is 1. The van der Waals surface area contributed by atoms with Crippen molar-refractivity contribution in [2.45, 2.75) is 26.2 Å². The zero-order chi connectivity index (χ0) is 11.4. The van der Waals surface area contributed by atoms with Crippen LogP contribution >= 0.6 is 0 Å². The van der Waals surface area contributed by atoms with Gasteiger partial charge in [0.15, 0.2) is 0 Å². The van der Waals surface area contributed by atoms with Crippen LogP contribution in [0.3, 0.4) is 0 Å². The third-order valence-corrected chi connectivity index (χ3v) is 2.73. The molecule has 1 aromatic heterocycles. The lowest BCUT2D eigenvalue weighted by Crippen LogP contribution is -2.02. The Balaban J connectivity index is 2.09. The van der Waals surface area contributed by atoms with Crippen LogP contribution in [-0.4, -0.2) is 16.2 Å². The molecular weight excluding hydrogens is 200 g/mol. The van der Waals surface area contributed by atoms with Crippen LogP contribution in [0.25, 0.3) is 11.0 Å². The van der Waals surface area contributed by atoms with Crippen LogP contribution in [0.4, 0.5) is 0 Å². The summed E-state index contributed by atoms with van der Waals surface area (Å²) in [4.78, 5) is 4.45. The predicted molar refractivity (Wildman–Crippen MR) is 65.7 cm³/mol. The maximum atomic E-state index is 5.68. The molecule has 2 rings (SSSR count). The smallest absolute Gasteiger partial charge is 0.297 e. The second-order valence-electron chi connectivity index (χ2n) is 4.00. The lowest BCUT2D eigenvalue weighted by atomic mass is 10.3. The fourth-order valence-electron chi connectivity index (χ4n) is 1.77. The van der Waals surface area contributed by atoms with Gasteiger partial charge in [0.1, 0.15) is 0 Å². The van der Waals surface area contributed by atoms with Gasteiger partial charge >= 0.3 is 0 Å². The Hall–Kier alpha value is -1.51. The Morgan fingerprint density at radius 3 is 2.81 bits per heavy atom. The van der Waals surface area contributed by atoms with E-state index in [1.54, 1.807) is 0 Å². The molecule has 0 aliphatic carbocycles. The lowest BCUT2D eigenvalue weighted by Gasteiger charge is -2.04. The van der Waals surface area contributed by atoms with Crippen LogP contribution in [0.5, 0.6) is 6.01 Å². The molecule has 0 aliphatic heterocycles. The van der Waals surface area contributed by atoms with E-state index in [0.29, 0.717) is 0 Å². The zero-order valence-electron chi connectivity index (χ0n) is 9.94. The number of benzene rings is 1. The van der Waals surface area contributed by atoms with E-state index in [2.05, 4.69) is 18.0 Å². The number of para-hydroxylation sites is 2. The molecule has 0 saturated carbocycles. The zero-order valence-corrected chi connectivity index (χ0v) is 9.94. The Kier molecular flexibility index (Phi) is 3.44. The van der Waals surface area contributed by atoms with E-state index in [0.717, 1.165) is 30.1 Å². The average molecular weight is 218 g/mol. The Morgan fingerprint density at radius 1 is 1.25 bits per heavy atom. The second-order valence-corrected chi connectivity index (χ2v) is 4.00. The van der Waals surface area contributed by atoms with Crippen LogP contribution in [0.2, 0.25) is 0 Å². The van der Waals surface area contributed by atoms with Gasteiger partial charge in [0.25, 0.3) is 6.01 Å². The summed E-state index contributed by atoms with van der Waals surface area (Å²) in [5.74, 6) is 0. The number of hydrogen-bond acceptors (Lipinski definition) is 2.